The van der Waals surface area contributed by atoms with Gasteiger partial charge in [0.1, 0.15) is 0 Å². The van der Waals surface area contributed by atoms with E-state index in [1.807, 2.05) is 0 Å². The van der Waals surface area contributed by atoms with Crippen LogP contribution in [-0.4, -0.2) is 17.5 Å². The molecule has 2 rings (SSSR count). The normalized spacial score (nSPS) is 8.78. The van der Waals surface area contributed by atoms with Crippen molar-refractivity contribution in [1.29, 1.82) is 0 Å². The van der Waals surface area contributed by atoms with Crippen LogP contribution in [0.4, 0.5) is 0 Å². The van der Waals surface area contributed by atoms with Crippen molar-refractivity contribution in [3.63, 3.8) is 0 Å². The van der Waals surface area contributed by atoms with E-state index in [2.05, 4.69) is 25.3 Å². The molecule has 0 aromatic carbocycles. The van der Waals surface area contributed by atoms with E-state index in [-0.39, 0.29) is 36.5 Å². The molecule has 0 saturated heterocycles. The van der Waals surface area contributed by atoms with Crippen LogP contribution in [0.15, 0.2) is 58.8 Å². The summed E-state index contributed by atoms with van der Waals surface area (Å²) < 4.78 is 32.9. The van der Waals surface area contributed by atoms with Crippen LogP contribution in [0.2, 0.25) is 0 Å². The minimum Gasteiger partial charge on any atom is -0.709 e. The van der Waals surface area contributed by atoms with Crippen molar-refractivity contribution in [3.05, 3.63) is 59.2 Å². The number of nitrogens with zero attached hydrogens (tertiary/aromatic N) is 2. The second kappa shape index (κ2) is 13.8. The maximum absolute atomic E-state index is 10.4. The van der Waals surface area contributed by atoms with Crippen LogP contribution >= 0.6 is 0 Å². The second-order valence-corrected chi connectivity index (χ2v) is 4.91. The maximum Gasteiger partial charge on any atom is 2.00 e. The summed E-state index contributed by atoms with van der Waals surface area (Å²) >= 11 is 9.21. The van der Waals surface area contributed by atoms with E-state index in [4.69, 9.17) is 17.5 Å². The predicted molar refractivity (Wildman–Crippen MR) is 76.2 cm³/mol. The Morgan fingerprint density at radius 3 is 1.26 bits per heavy atom. The first kappa shape index (κ1) is 27.2. The fourth-order valence-electron chi connectivity index (χ4n) is 0.825. The average molecular weight is 479 g/mol. The summed E-state index contributed by atoms with van der Waals surface area (Å²) in [5.74, 6) is 0. The van der Waals surface area contributed by atoms with Gasteiger partial charge in [0.05, 0.1) is 10.1 Å². The van der Waals surface area contributed by atoms with E-state index in [1.54, 1.807) is 36.4 Å². The predicted octanol–water partition coefficient (Wildman–Crippen LogP) is -0.206. The molecule has 0 aliphatic carbocycles. The van der Waals surface area contributed by atoms with Gasteiger partial charge in [0, 0.05) is 29.2 Å². The third-order valence-electron chi connectivity index (χ3n) is 1.58. The molecule has 127 valence electrons. The van der Waals surface area contributed by atoms with Gasteiger partial charge in [-0.1, -0.05) is 12.1 Å². The van der Waals surface area contributed by atoms with Gasteiger partial charge in [0.2, 0.25) is 0 Å². The Morgan fingerprint density at radius 1 is 0.870 bits per heavy atom. The van der Waals surface area contributed by atoms with Crippen molar-refractivity contribution in [3.8, 4) is 0 Å². The zero-order valence-electron chi connectivity index (χ0n) is 11.3. The van der Waals surface area contributed by atoms with Crippen LogP contribution in [0.25, 0.3) is 0 Å². The van der Waals surface area contributed by atoms with Crippen LogP contribution < -0.4 is 9.46 Å². The van der Waals surface area contributed by atoms with Crippen LogP contribution in [-0.2, 0) is 72.2 Å². The molecular weight excluding hydrogens is 469 g/mol. The Kier molecular flexibility index (Phi) is 16.3. The van der Waals surface area contributed by atoms with E-state index in [1.165, 1.54) is 12.4 Å². The zero-order chi connectivity index (χ0) is 16.5. The van der Waals surface area contributed by atoms with Gasteiger partial charge in [0.25, 0.3) is 0 Å². The van der Waals surface area contributed by atoms with E-state index in [9.17, 15) is 10.4 Å². The Hall–Kier alpha value is -0.647. The van der Waals surface area contributed by atoms with Crippen LogP contribution in [0.1, 0.15) is 0 Å². The first-order valence-corrected chi connectivity index (χ1v) is 7.23. The van der Waals surface area contributed by atoms with E-state index in [0.29, 0.717) is 19.5 Å². The molecule has 1 radical (unpaired) electrons. The van der Waals surface area contributed by atoms with Crippen molar-refractivity contribution in [1.82, 2.24) is 0 Å². The molecule has 23 heavy (non-hydrogen) atoms. The van der Waals surface area contributed by atoms with Crippen molar-refractivity contribution < 1.29 is 63.5 Å². The average Bonchev–Trinajstić information content (AvgIpc) is 2.35. The summed E-state index contributed by atoms with van der Waals surface area (Å²) in [4.78, 5) is 0. The summed E-state index contributed by atoms with van der Waals surface area (Å²) in [5.41, 5.74) is 0. The molecule has 0 saturated carbocycles. The summed E-state index contributed by atoms with van der Waals surface area (Å²) in [7, 11) is -4.67. The van der Waals surface area contributed by atoms with Gasteiger partial charge in [-0.2, -0.15) is 17.9 Å². The SMILES string of the molecule is O=S(=O)(O)O.[Cu].[O-][n+]1ccccc1[S-].[O-][n+]1ccccc1[S-].[Zn+2]. The summed E-state index contributed by atoms with van der Waals surface area (Å²) in [6, 6.07) is 9.92. The van der Waals surface area contributed by atoms with Gasteiger partial charge >= 0.3 is 29.9 Å². The zero-order valence-corrected chi connectivity index (χ0v) is 17.6. The van der Waals surface area contributed by atoms with Crippen molar-refractivity contribution in [2.75, 3.05) is 0 Å². The van der Waals surface area contributed by atoms with Crippen molar-refractivity contribution in [2.24, 2.45) is 0 Å². The number of hydrogen-bond acceptors (Lipinski definition) is 6. The number of rotatable bonds is 0. The number of aromatic nitrogens is 2. The van der Waals surface area contributed by atoms with Crippen LogP contribution in [0.3, 0.4) is 0 Å². The molecule has 0 fully saturated rings. The minimum atomic E-state index is -4.67. The van der Waals surface area contributed by atoms with E-state index >= 15 is 0 Å². The molecule has 0 aliphatic heterocycles. The number of hydrogen-bond donors (Lipinski definition) is 2. The monoisotopic (exact) mass is 477 g/mol. The Labute approximate surface area is 167 Å². The smallest absolute Gasteiger partial charge is 0.709 e. The van der Waals surface area contributed by atoms with Gasteiger partial charge in [-0.3, -0.25) is 9.11 Å². The molecule has 2 heterocycles. The first-order valence-electron chi connectivity index (χ1n) is 5.01. The molecule has 0 amide bonds. The van der Waals surface area contributed by atoms with Crippen molar-refractivity contribution >= 4 is 35.7 Å². The molecule has 8 nitrogen and oxygen atoms in total. The van der Waals surface area contributed by atoms with Crippen LogP contribution in [0.5, 0.6) is 0 Å². The molecule has 2 N–H and O–H groups in total. The second-order valence-electron chi connectivity index (χ2n) is 3.18. The minimum absolute atomic E-state index is 0. The van der Waals surface area contributed by atoms with Gasteiger partial charge in [-0.25, -0.2) is 0 Å². The molecule has 0 atom stereocenters. The van der Waals surface area contributed by atoms with E-state index in [0.717, 1.165) is 0 Å². The Bertz CT molecular complexity index is 584. The molecule has 2 aromatic rings. The van der Waals surface area contributed by atoms with Gasteiger partial charge in [-0.05, 0) is 12.1 Å². The van der Waals surface area contributed by atoms with Gasteiger partial charge in [0.15, 0.2) is 12.4 Å². The summed E-state index contributed by atoms with van der Waals surface area (Å²) in [6.45, 7) is 0. The largest absolute Gasteiger partial charge is 2.00 e. The standard InChI is InChI=1S/2C5H5NOS.Cu.H2O4S.Zn/c2*7-6-4-2-1-3-5(6)8;;1-5(2,3)4;/h2*1-4,8H;;(H2,1,2,3,4);/q;;;;+2/p-2. The van der Waals surface area contributed by atoms with Crippen LogP contribution in [0, 0.1) is 10.4 Å². The van der Waals surface area contributed by atoms with Gasteiger partial charge < -0.3 is 35.7 Å². The van der Waals surface area contributed by atoms with Gasteiger partial charge in [-0.15, -0.1) is 0 Å². The quantitative estimate of drug-likeness (QED) is 0.175. The third kappa shape index (κ3) is 17.5. The summed E-state index contributed by atoms with van der Waals surface area (Å²) in [5, 5.41) is 21.5. The molecule has 13 heteroatoms. The van der Waals surface area contributed by atoms with Crippen molar-refractivity contribution in [2.45, 2.75) is 10.1 Å². The Balaban J connectivity index is -0.000000258. The topological polar surface area (TPSA) is 128 Å². The molecule has 0 spiro atoms. The fourth-order valence-corrected chi connectivity index (χ4v) is 1.10. The molecular formula is C10H10CuN2O6S3Zn. The molecule has 0 bridgehead atoms. The number of pyridine rings is 2. The first-order chi connectivity index (χ1) is 9.61. The molecule has 2 aromatic heterocycles. The fraction of sp³-hybridized carbons (Fsp3) is 0. The maximum atomic E-state index is 10.4. The summed E-state index contributed by atoms with van der Waals surface area (Å²) in [6.07, 6.45) is 2.75. The third-order valence-corrected chi connectivity index (χ3v) is 2.21. The molecule has 0 unspecified atom stereocenters. The Morgan fingerprint density at radius 2 is 1.13 bits per heavy atom. The molecule has 0 aliphatic rings. The van der Waals surface area contributed by atoms with E-state index < -0.39 is 10.4 Å².